The Kier molecular flexibility index (Phi) is 9.22. The molecule has 2 fully saturated rings. The number of methoxy groups -OCH3 is 3. The lowest BCUT2D eigenvalue weighted by Crippen LogP contribution is -2.29. The van der Waals surface area contributed by atoms with Crippen LogP contribution in [-0.4, -0.2) is 52.4 Å². The van der Waals surface area contributed by atoms with Crippen molar-refractivity contribution < 1.29 is 14.2 Å². The van der Waals surface area contributed by atoms with E-state index in [1.165, 1.54) is 44.2 Å². The van der Waals surface area contributed by atoms with Crippen LogP contribution in [0.2, 0.25) is 0 Å². The van der Waals surface area contributed by atoms with Gasteiger partial charge in [-0.3, -0.25) is 0 Å². The number of rotatable bonds is 9. The smallest absolute Gasteiger partial charge is 0.127 e. The van der Waals surface area contributed by atoms with Gasteiger partial charge in [-0.1, -0.05) is 5.92 Å². The molecule has 0 amide bonds. The number of allylic oxidation sites excluding steroid dienone is 3. The van der Waals surface area contributed by atoms with Gasteiger partial charge in [0.05, 0.1) is 27.1 Å². The maximum atomic E-state index is 5.79. The summed E-state index contributed by atoms with van der Waals surface area (Å²) in [5.74, 6) is 5.34. The molecule has 2 heterocycles. The van der Waals surface area contributed by atoms with Gasteiger partial charge in [-0.05, 0) is 51.0 Å². The minimum Gasteiger partial charge on any atom is -0.501 e. The number of likely N-dealkylation sites (tertiary alicyclic amines) is 1. The molecule has 0 atom stereocenters. The van der Waals surface area contributed by atoms with Gasteiger partial charge in [0.25, 0.3) is 0 Å². The zero-order valence-corrected chi connectivity index (χ0v) is 20.0. The third kappa shape index (κ3) is 6.16. The van der Waals surface area contributed by atoms with Crippen LogP contribution in [0.3, 0.4) is 0 Å². The fraction of sp³-hybridized carbons (Fsp3) is 0.556. The van der Waals surface area contributed by atoms with Crippen molar-refractivity contribution in [1.29, 1.82) is 0 Å². The third-order valence-corrected chi connectivity index (χ3v) is 6.46. The minimum absolute atomic E-state index is 0.738. The molecule has 2 saturated heterocycles. The molecule has 0 unspecified atom stereocenters. The van der Waals surface area contributed by atoms with Gasteiger partial charge in [0.2, 0.25) is 0 Å². The van der Waals surface area contributed by atoms with Crippen LogP contribution < -0.4 is 14.4 Å². The fourth-order valence-electron chi connectivity index (χ4n) is 4.66. The average Bonchev–Trinajstić information content (AvgIpc) is 2.86. The monoisotopic (exact) mass is 438 g/mol. The number of benzene rings is 1. The molecule has 0 aromatic heterocycles. The number of anilines is 1. The van der Waals surface area contributed by atoms with Crippen molar-refractivity contribution in [3.8, 4) is 23.8 Å². The first kappa shape index (κ1) is 23.9. The molecule has 0 saturated carbocycles. The number of piperidine rings is 2. The number of ether oxygens (including phenoxy) is 3. The summed E-state index contributed by atoms with van der Waals surface area (Å²) in [5, 5.41) is 0. The van der Waals surface area contributed by atoms with Gasteiger partial charge in [-0.2, -0.15) is 0 Å². The Bertz CT molecular complexity index is 816. The second-order valence-electron chi connectivity index (χ2n) is 8.47. The van der Waals surface area contributed by atoms with E-state index in [9.17, 15) is 0 Å². The summed E-state index contributed by atoms with van der Waals surface area (Å²) in [6.45, 7) is 4.26. The Labute approximate surface area is 194 Å². The molecule has 2 aliphatic rings. The predicted molar refractivity (Wildman–Crippen MR) is 131 cm³/mol. The molecule has 3 rings (SSSR count). The zero-order valence-electron chi connectivity index (χ0n) is 20.0. The van der Waals surface area contributed by atoms with Crippen LogP contribution in [0.1, 0.15) is 50.5 Å². The van der Waals surface area contributed by atoms with Crippen LogP contribution >= 0.6 is 0 Å². The van der Waals surface area contributed by atoms with Crippen molar-refractivity contribution in [2.45, 2.75) is 51.4 Å². The van der Waals surface area contributed by atoms with E-state index in [0.717, 1.165) is 67.5 Å². The minimum atomic E-state index is 0.738. The fourth-order valence-corrected chi connectivity index (χ4v) is 4.66. The highest BCUT2D eigenvalue weighted by Crippen LogP contribution is 2.37. The number of nitrogens with zero attached hydrogens (tertiary/aromatic N) is 2. The van der Waals surface area contributed by atoms with Gasteiger partial charge in [0.1, 0.15) is 11.5 Å². The Morgan fingerprint density at radius 1 is 0.938 bits per heavy atom. The molecule has 1 aromatic rings. The molecular weight excluding hydrogens is 400 g/mol. The lowest BCUT2D eigenvalue weighted by molar-refractivity contribution is 0.265. The van der Waals surface area contributed by atoms with Crippen LogP contribution in [0, 0.1) is 12.3 Å². The number of hydrogen-bond donors (Lipinski definition) is 0. The number of terminal acetylenes is 1. The SMILES string of the molecule is C#C/C=C(\C=C(/CCc1c(OC)cc(N2CCCCC2)cc1OC)OC)N1CCCCC1. The molecule has 0 bridgehead atoms. The molecule has 5 nitrogen and oxygen atoms in total. The molecule has 0 aliphatic carbocycles. The van der Waals surface area contributed by atoms with Crippen molar-refractivity contribution in [1.82, 2.24) is 4.90 Å². The molecule has 0 spiro atoms. The van der Waals surface area contributed by atoms with E-state index in [4.69, 9.17) is 20.6 Å². The summed E-state index contributed by atoms with van der Waals surface area (Å²) < 4.78 is 17.3. The number of hydrogen-bond acceptors (Lipinski definition) is 5. The van der Waals surface area contributed by atoms with E-state index in [1.54, 1.807) is 21.3 Å². The molecule has 0 radical (unpaired) electrons. The van der Waals surface area contributed by atoms with Crippen molar-refractivity contribution in [2.24, 2.45) is 0 Å². The Morgan fingerprint density at radius 2 is 1.53 bits per heavy atom. The highest BCUT2D eigenvalue weighted by atomic mass is 16.5. The molecule has 2 aliphatic heterocycles. The zero-order chi connectivity index (χ0) is 22.8. The maximum Gasteiger partial charge on any atom is 0.127 e. The summed E-state index contributed by atoms with van der Waals surface area (Å²) in [6.07, 6.45) is 18.5. The van der Waals surface area contributed by atoms with Crippen molar-refractivity contribution in [3.05, 3.63) is 41.3 Å². The molecular formula is C27H38N2O3. The van der Waals surface area contributed by atoms with Gasteiger partial charge in [-0.25, -0.2) is 0 Å². The quantitative estimate of drug-likeness (QED) is 0.302. The van der Waals surface area contributed by atoms with E-state index in [1.807, 2.05) is 6.08 Å². The topological polar surface area (TPSA) is 34.2 Å². The van der Waals surface area contributed by atoms with Crippen molar-refractivity contribution >= 4 is 5.69 Å². The lowest BCUT2D eigenvalue weighted by atomic mass is 10.0. The van der Waals surface area contributed by atoms with Gasteiger partial charge < -0.3 is 24.0 Å². The highest BCUT2D eigenvalue weighted by molar-refractivity contribution is 5.60. The van der Waals surface area contributed by atoms with E-state index in [-0.39, 0.29) is 0 Å². The van der Waals surface area contributed by atoms with Crippen LogP contribution in [-0.2, 0) is 11.2 Å². The predicted octanol–water partition coefficient (Wildman–Crippen LogP) is 5.16. The first-order valence-electron chi connectivity index (χ1n) is 11.9. The summed E-state index contributed by atoms with van der Waals surface area (Å²) in [7, 11) is 5.19. The van der Waals surface area contributed by atoms with Gasteiger partial charge >= 0.3 is 0 Å². The van der Waals surface area contributed by atoms with Crippen molar-refractivity contribution in [2.75, 3.05) is 52.4 Å². The van der Waals surface area contributed by atoms with Crippen LogP contribution in [0.25, 0.3) is 0 Å². The maximum absolute atomic E-state index is 5.79. The summed E-state index contributed by atoms with van der Waals surface area (Å²) in [6, 6.07) is 4.30. The normalized spacial score (nSPS) is 17.7. The average molecular weight is 439 g/mol. The Morgan fingerprint density at radius 3 is 2.06 bits per heavy atom. The van der Waals surface area contributed by atoms with E-state index in [0.29, 0.717) is 0 Å². The Hall–Kier alpha value is -2.74. The van der Waals surface area contributed by atoms with Crippen LogP contribution in [0.4, 0.5) is 5.69 Å². The first-order valence-corrected chi connectivity index (χ1v) is 11.9. The summed E-state index contributed by atoms with van der Waals surface area (Å²) in [4.78, 5) is 4.78. The lowest BCUT2D eigenvalue weighted by Gasteiger charge is -2.30. The summed E-state index contributed by atoms with van der Waals surface area (Å²) >= 11 is 0. The third-order valence-electron chi connectivity index (χ3n) is 6.46. The molecule has 0 N–H and O–H groups in total. The van der Waals surface area contributed by atoms with Crippen LogP contribution in [0.5, 0.6) is 11.5 Å². The van der Waals surface area contributed by atoms with E-state index < -0.39 is 0 Å². The second kappa shape index (κ2) is 12.3. The Balaban J connectivity index is 1.79. The molecule has 32 heavy (non-hydrogen) atoms. The van der Waals surface area contributed by atoms with Crippen LogP contribution in [0.15, 0.2) is 35.7 Å². The molecule has 1 aromatic carbocycles. The summed E-state index contributed by atoms with van der Waals surface area (Å²) in [5.41, 5.74) is 3.30. The highest BCUT2D eigenvalue weighted by Gasteiger charge is 2.19. The van der Waals surface area contributed by atoms with E-state index in [2.05, 4.69) is 33.9 Å². The molecule has 5 heteroatoms. The van der Waals surface area contributed by atoms with E-state index >= 15 is 0 Å². The standard InChI is InChI=1S/C27H38N2O3/c1-5-12-22(28-15-8-6-9-16-28)19-24(30-2)13-14-25-26(31-3)20-23(21-27(25)32-4)29-17-10-7-11-18-29/h1,12,19-21H,6-11,13-18H2,2-4H3/b22-12+,24-19+. The van der Waals surface area contributed by atoms with Gasteiger partial charge in [0, 0.05) is 67.8 Å². The van der Waals surface area contributed by atoms with Gasteiger partial charge in [0.15, 0.2) is 0 Å². The second-order valence-corrected chi connectivity index (χ2v) is 8.47. The molecule has 174 valence electrons. The first-order chi connectivity index (χ1) is 15.7. The van der Waals surface area contributed by atoms with Crippen molar-refractivity contribution in [3.63, 3.8) is 0 Å². The largest absolute Gasteiger partial charge is 0.501 e. The van der Waals surface area contributed by atoms with Gasteiger partial charge in [-0.15, -0.1) is 6.42 Å².